The average Bonchev–Trinajstić information content (AvgIpc) is 2.53. The molecule has 1 unspecified atom stereocenters. The number of pyridine rings is 1. The van der Waals surface area contributed by atoms with Crippen LogP contribution in [0.2, 0.25) is 0 Å². The van der Waals surface area contributed by atoms with E-state index in [1.54, 1.807) is 6.07 Å². The van der Waals surface area contributed by atoms with Crippen LogP contribution in [-0.2, 0) is 14.3 Å². The van der Waals surface area contributed by atoms with E-state index in [0.717, 1.165) is 6.07 Å². The van der Waals surface area contributed by atoms with Crippen LogP contribution in [0.15, 0.2) is 12.3 Å². The number of carbonyl (C=O) groups excluding carboxylic acids is 1. The number of morpholine rings is 1. The molecule has 0 aromatic carbocycles. The van der Waals surface area contributed by atoms with Crippen molar-refractivity contribution in [3.63, 3.8) is 0 Å². The second kappa shape index (κ2) is 6.15. The monoisotopic (exact) mass is 292 g/mol. The van der Waals surface area contributed by atoms with Gasteiger partial charge in [0.2, 0.25) is 5.82 Å². The summed E-state index contributed by atoms with van der Waals surface area (Å²) < 4.78 is 9.89. The average molecular weight is 292 g/mol. The summed E-state index contributed by atoms with van der Waals surface area (Å²) in [6.07, 6.45) is 1.23. The van der Waals surface area contributed by atoms with E-state index in [1.807, 2.05) is 0 Å². The number of hydrogen-bond acceptors (Lipinski definition) is 8. The van der Waals surface area contributed by atoms with E-state index >= 15 is 0 Å². The number of nitrogens with zero attached hydrogens (tertiary/aromatic N) is 4. The number of aromatic nitrogens is 1. The van der Waals surface area contributed by atoms with Gasteiger partial charge in [-0.25, -0.2) is 9.78 Å². The van der Waals surface area contributed by atoms with Gasteiger partial charge in [-0.1, -0.05) is 0 Å². The normalized spacial score (nSPS) is 17.9. The van der Waals surface area contributed by atoms with Gasteiger partial charge in [-0.05, 0) is 0 Å². The lowest BCUT2D eigenvalue weighted by atomic mass is 10.2. The van der Waals surface area contributed by atoms with Crippen LogP contribution in [0.3, 0.4) is 0 Å². The van der Waals surface area contributed by atoms with Gasteiger partial charge in [0.25, 0.3) is 0 Å². The van der Waals surface area contributed by atoms with Gasteiger partial charge in [-0.15, -0.1) is 0 Å². The van der Waals surface area contributed by atoms with Crippen molar-refractivity contribution in [2.75, 3.05) is 31.8 Å². The van der Waals surface area contributed by atoms with Gasteiger partial charge in [-0.2, -0.15) is 5.26 Å². The third kappa shape index (κ3) is 2.90. The van der Waals surface area contributed by atoms with Gasteiger partial charge in [0.1, 0.15) is 6.07 Å². The number of esters is 1. The fourth-order valence-electron chi connectivity index (χ4n) is 2.05. The van der Waals surface area contributed by atoms with Crippen molar-refractivity contribution in [3.8, 4) is 6.07 Å². The molecule has 1 fully saturated rings. The van der Waals surface area contributed by atoms with Gasteiger partial charge in [0.05, 0.1) is 30.8 Å². The largest absolute Gasteiger partial charge is 0.467 e. The third-order valence-corrected chi connectivity index (χ3v) is 3.05. The van der Waals surface area contributed by atoms with E-state index in [2.05, 4.69) is 9.72 Å². The summed E-state index contributed by atoms with van der Waals surface area (Å²) in [7, 11) is 1.23. The summed E-state index contributed by atoms with van der Waals surface area (Å²) in [5, 5.41) is 20.0. The Morgan fingerprint density at radius 1 is 1.71 bits per heavy atom. The second-order valence-corrected chi connectivity index (χ2v) is 4.24. The number of carbonyl (C=O) groups is 1. The van der Waals surface area contributed by atoms with Crippen LogP contribution in [0.5, 0.6) is 0 Å². The van der Waals surface area contributed by atoms with E-state index in [1.165, 1.54) is 18.2 Å². The highest BCUT2D eigenvalue weighted by Crippen LogP contribution is 2.29. The summed E-state index contributed by atoms with van der Waals surface area (Å²) in [6.45, 7) is 0.636. The minimum atomic E-state index is -0.803. The maximum Gasteiger partial charge on any atom is 0.330 e. The molecule has 0 bridgehead atoms. The van der Waals surface area contributed by atoms with Gasteiger partial charge in [-0.3, -0.25) is 10.1 Å². The number of anilines is 1. The Labute approximate surface area is 119 Å². The zero-order valence-electron chi connectivity index (χ0n) is 11.2. The first-order valence-corrected chi connectivity index (χ1v) is 6.05. The molecule has 1 aliphatic rings. The number of rotatable bonds is 3. The van der Waals surface area contributed by atoms with Crippen LogP contribution in [0.1, 0.15) is 5.56 Å². The number of methoxy groups -OCH3 is 1. The quantitative estimate of drug-likeness (QED) is 0.441. The fraction of sp³-hybridized carbons (Fsp3) is 0.417. The predicted octanol–water partition coefficient (Wildman–Crippen LogP) is 0.240. The van der Waals surface area contributed by atoms with Crippen molar-refractivity contribution in [3.05, 3.63) is 27.9 Å². The molecule has 0 saturated carbocycles. The van der Waals surface area contributed by atoms with Crippen molar-refractivity contribution >= 4 is 17.5 Å². The Morgan fingerprint density at radius 2 is 2.48 bits per heavy atom. The fourth-order valence-corrected chi connectivity index (χ4v) is 2.05. The number of ether oxygens (including phenoxy) is 2. The molecule has 1 aliphatic heterocycles. The van der Waals surface area contributed by atoms with Crippen LogP contribution in [0.25, 0.3) is 0 Å². The summed E-state index contributed by atoms with van der Waals surface area (Å²) in [4.78, 5) is 27.7. The molecule has 0 N–H and O–H groups in total. The van der Waals surface area contributed by atoms with Crippen LogP contribution < -0.4 is 4.90 Å². The lowest BCUT2D eigenvalue weighted by Gasteiger charge is -2.34. The van der Waals surface area contributed by atoms with Crippen LogP contribution in [0.4, 0.5) is 11.5 Å². The summed E-state index contributed by atoms with van der Waals surface area (Å²) >= 11 is 0. The highest BCUT2D eigenvalue weighted by molar-refractivity contribution is 5.81. The topological polar surface area (TPSA) is 119 Å². The molecular weight excluding hydrogens is 280 g/mol. The van der Waals surface area contributed by atoms with E-state index < -0.39 is 16.9 Å². The Hall–Kier alpha value is -2.73. The van der Waals surface area contributed by atoms with Crippen LogP contribution in [-0.4, -0.2) is 48.8 Å². The maximum atomic E-state index is 11.8. The van der Waals surface area contributed by atoms with Gasteiger partial charge >= 0.3 is 11.7 Å². The maximum absolute atomic E-state index is 11.8. The highest BCUT2D eigenvalue weighted by Gasteiger charge is 2.35. The lowest BCUT2D eigenvalue weighted by molar-refractivity contribution is -0.384. The van der Waals surface area contributed by atoms with Gasteiger partial charge in [0.15, 0.2) is 6.04 Å². The molecule has 0 radical (unpaired) electrons. The van der Waals surface area contributed by atoms with Crippen molar-refractivity contribution in [2.45, 2.75) is 6.04 Å². The zero-order chi connectivity index (χ0) is 15.4. The van der Waals surface area contributed by atoms with E-state index in [-0.39, 0.29) is 30.2 Å². The predicted molar refractivity (Wildman–Crippen MR) is 69.6 cm³/mol. The Balaban J connectivity index is 2.45. The molecule has 2 rings (SSSR count). The van der Waals surface area contributed by atoms with Crippen molar-refractivity contribution in [1.82, 2.24) is 4.98 Å². The Morgan fingerprint density at radius 3 is 3.10 bits per heavy atom. The molecule has 0 aliphatic carbocycles. The molecule has 9 heteroatoms. The smallest absolute Gasteiger partial charge is 0.330 e. The minimum absolute atomic E-state index is 0.0256. The molecule has 1 saturated heterocycles. The number of hydrogen-bond donors (Lipinski definition) is 0. The number of nitro groups is 1. The minimum Gasteiger partial charge on any atom is -0.467 e. The van der Waals surface area contributed by atoms with Gasteiger partial charge < -0.3 is 14.4 Å². The Kier molecular flexibility index (Phi) is 4.30. The van der Waals surface area contributed by atoms with Crippen molar-refractivity contribution in [2.24, 2.45) is 0 Å². The molecule has 1 atom stereocenters. The molecule has 2 heterocycles. The van der Waals surface area contributed by atoms with Crippen molar-refractivity contribution < 1.29 is 19.2 Å². The first-order chi connectivity index (χ1) is 10.1. The van der Waals surface area contributed by atoms with Crippen LogP contribution in [0, 0.1) is 21.4 Å². The molecule has 0 spiro atoms. The molecule has 1 aromatic rings. The Bertz CT molecular complexity index is 612. The van der Waals surface area contributed by atoms with E-state index in [0.29, 0.717) is 6.61 Å². The molecule has 110 valence electrons. The molecule has 1 aromatic heterocycles. The highest BCUT2D eigenvalue weighted by atomic mass is 16.6. The van der Waals surface area contributed by atoms with Gasteiger partial charge in [0, 0.05) is 18.8 Å². The summed E-state index contributed by atoms with van der Waals surface area (Å²) in [5.74, 6) is -0.534. The molecular formula is C12H12N4O5. The standard InChI is InChI=1S/C12H12N4O5/c1-20-12(17)10-7-21-3-2-15(10)11-9(16(18)19)4-8(5-13)6-14-11/h4,6,10H,2-3,7H2,1H3. The van der Waals surface area contributed by atoms with E-state index in [4.69, 9.17) is 10.00 Å². The summed E-state index contributed by atoms with van der Waals surface area (Å²) in [6, 6.07) is 2.12. The SMILES string of the molecule is COC(=O)C1COCCN1c1ncc(C#N)cc1[N+](=O)[O-]. The summed E-state index contributed by atoms with van der Waals surface area (Å²) in [5.41, 5.74) is -0.252. The van der Waals surface area contributed by atoms with Crippen LogP contribution >= 0.6 is 0 Å². The van der Waals surface area contributed by atoms with E-state index in [9.17, 15) is 14.9 Å². The second-order valence-electron chi connectivity index (χ2n) is 4.24. The molecule has 0 amide bonds. The number of nitriles is 1. The zero-order valence-corrected chi connectivity index (χ0v) is 11.2. The third-order valence-electron chi connectivity index (χ3n) is 3.05. The molecule has 9 nitrogen and oxygen atoms in total. The molecule has 21 heavy (non-hydrogen) atoms. The first kappa shape index (κ1) is 14.7. The lowest BCUT2D eigenvalue weighted by Crippen LogP contribution is -2.51. The first-order valence-electron chi connectivity index (χ1n) is 6.05. The van der Waals surface area contributed by atoms with Crippen molar-refractivity contribution in [1.29, 1.82) is 5.26 Å².